The van der Waals surface area contributed by atoms with E-state index in [4.69, 9.17) is 5.41 Å². The van der Waals surface area contributed by atoms with Gasteiger partial charge >= 0.3 is 0 Å². The van der Waals surface area contributed by atoms with Gasteiger partial charge in [-0.1, -0.05) is 0 Å². The van der Waals surface area contributed by atoms with E-state index in [-0.39, 0.29) is 11.5 Å². The van der Waals surface area contributed by atoms with Gasteiger partial charge in [0.25, 0.3) is 0 Å². The molecule has 1 aliphatic heterocycles. The van der Waals surface area contributed by atoms with Crippen molar-refractivity contribution in [1.82, 2.24) is 4.90 Å². The molecule has 0 aromatic rings. The zero-order valence-corrected chi connectivity index (χ0v) is 7.32. The minimum absolute atomic E-state index is 0.198. The lowest BCUT2D eigenvalue weighted by molar-refractivity contribution is 0.438. The standard InChI is InChI=1S/C6H12N2O2S/c1-6(7)8-2-4-11(9,10)5-3-8/h7H,2-5H2,1H3. The van der Waals surface area contributed by atoms with E-state index in [0.717, 1.165) is 0 Å². The highest BCUT2D eigenvalue weighted by Gasteiger charge is 2.21. The summed E-state index contributed by atoms with van der Waals surface area (Å²) in [5.41, 5.74) is 0. The molecule has 11 heavy (non-hydrogen) atoms. The summed E-state index contributed by atoms with van der Waals surface area (Å²) in [6.45, 7) is 2.65. The second kappa shape index (κ2) is 2.81. The molecule has 0 atom stereocenters. The van der Waals surface area contributed by atoms with Gasteiger partial charge < -0.3 is 4.90 Å². The summed E-state index contributed by atoms with van der Waals surface area (Å²) in [5, 5.41) is 7.25. The predicted octanol–water partition coefficient (Wildman–Crippen LogP) is -0.286. The van der Waals surface area contributed by atoms with Crippen molar-refractivity contribution in [2.75, 3.05) is 24.6 Å². The zero-order valence-electron chi connectivity index (χ0n) is 6.50. The molecule has 0 spiro atoms. The summed E-state index contributed by atoms with van der Waals surface area (Å²) in [4.78, 5) is 1.78. The van der Waals surface area contributed by atoms with Gasteiger partial charge in [0.05, 0.1) is 17.3 Å². The molecule has 0 bridgehead atoms. The lowest BCUT2D eigenvalue weighted by Crippen LogP contribution is -2.42. The minimum atomic E-state index is -2.79. The van der Waals surface area contributed by atoms with Crippen molar-refractivity contribution in [3.63, 3.8) is 0 Å². The monoisotopic (exact) mass is 176 g/mol. The first-order valence-corrected chi connectivity index (χ1v) is 5.34. The highest BCUT2D eigenvalue weighted by molar-refractivity contribution is 7.91. The van der Waals surface area contributed by atoms with Crippen molar-refractivity contribution in [3.05, 3.63) is 0 Å². The van der Waals surface area contributed by atoms with Crippen LogP contribution in [0.3, 0.4) is 0 Å². The van der Waals surface area contributed by atoms with Crippen LogP contribution < -0.4 is 0 Å². The van der Waals surface area contributed by atoms with E-state index >= 15 is 0 Å². The molecule has 64 valence electrons. The fourth-order valence-corrected chi connectivity index (χ4v) is 2.25. The number of nitrogens with zero attached hydrogens (tertiary/aromatic N) is 1. The molecule has 1 saturated heterocycles. The van der Waals surface area contributed by atoms with Crippen LogP contribution in [-0.2, 0) is 9.84 Å². The third-order valence-corrected chi connectivity index (χ3v) is 3.43. The normalized spacial score (nSPS) is 23.2. The second-order valence-electron chi connectivity index (χ2n) is 2.72. The maximum atomic E-state index is 10.9. The molecule has 4 nitrogen and oxygen atoms in total. The summed E-state index contributed by atoms with van der Waals surface area (Å²) in [6.07, 6.45) is 0. The lowest BCUT2D eigenvalue weighted by Gasteiger charge is -2.27. The van der Waals surface area contributed by atoms with E-state index in [2.05, 4.69) is 0 Å². The van der Waals surface area contributed by atoms with Crippen LogP contribution in [0.1, 0.15) is 6.92 Å². The molecular weight excluding hydrogens is 164 g/mol. The summed E-state index contributed by atoms with van der Waals surface area (Å²) >= 11 is 0. The molecule has 0 radical (unpaired) electrons. The average molecular weight is 176 g/mol. The number of sulfone groups is 1. The summed E-state index contributed by atoms with van der Waals surface area (Å²) in [5.74, 6) is 0.854. The van der Waals surface area contributed by atoms with Gasteiger partial charge in [-0.2, -0.15) is 0 Å². The van der Waals surface area contributed by atoms with Crippen LogP contribution in [0.15, 0.2) is 0 Å². The number of amidine groups is 1. The molecule has 0 aromatic carbocycles. The van der Waals surface area contributed by atoms with E-state index in [9.17, 15) is 8.42 Å². The molecule has 1 fully saturated rings. The van der Waals surface area contributed by atoms with E-state index in [1.54, 1.807) is 11.8 Å². The SMILES string of the molecule is CC(=N)N1CCS(=O)(=O)CC1. The van der Waals surface area contributed by atoms with Crippen LogP contribution in [0.5, 0.6) is 0 Å². The smallest absolute Gasteiger partial charge is 0.153 e. The van der Waals surface area contributed by atoms with Crippen LogP contribution in [0.25, 0.3) is 0 Å². The summed E-state index contributed by atoms with van der Waals surface area (Å²) in [6, 6.07) is 0. The average Bonchev–Trinajstić information content (AvgIpc) is 1.86. The highest BCUT2D eigenvalue weighted by Crippen LogP contribution is 2.03. The van der Waals surface area contributed by atoms with Gasteiger partial charge in [0.1, 0.15) is 0 Å². The molecule has 0 unspecified atom stereocenters. The molecule has 1 heterocycles. The van der Waals surface area contributed by atoms with Crippen LogP contribution in [0.2, 0.25) is 0 Å². The van der Waals surface area contributed by atoms with Crippen molar-refractivity contribution in [1.29, 1.82) is 5.41 Å². The third-order valence-electron chi connectivity index (χ3n) is 1.82. The van der Waals surface area contributed by atoms with Gasteiger partial charge in [-0.25, -0.2) is 8.42 Å². The van der Waals surface area contributed by atoms with Crippen molar-refractivity contribution in [2.24, 2.45) is 0 Å². The topological polar surface area (TPSA) is 61.2 Å². The Bertz CT molecular complexity index is 244. The van der Waals surface area contributed by atoms with Crippen LogP contribution in [0.4, 0.5) is 0 Å². The van der Waals surface area contributed by atoms with Gasteiger partial charge in [-0.3, -0.25) is 5.41 Å². The van der Waals surface area contributed by atoms with Gasteiger partial charge in [0.2, 0.25) is 0 Å². The minimum Gasteiger partial charge on any atom is -0.359 e. The van der Waals surface area contributed by atoms with Crippen LogP contribution in [-0.4, -0.2) is 43.7 Å². The highest BCUT2D eigenvalue weighted by atomic mass is 32.2. The zero-order chi connectivity index (χ0) is 8.48. The Morgan fingerprint density at radius 2 is 1.82 bits per heavy atom. The first-order chi connectivity index (χ1) is 5.01. The summed E-state index contributed by atoms with van der Waals surface area (Å²) in [7, 11) is -2.79. The molecule has 0 amide bonds. The Morgan fingerprint density at radius 3 is 2.18 bits per heavy atom. The molecule has 1 aliphatic rings. The predicted molar refractivity (Wildman–Crippen MR) is 43.6 cm³/mol. The van der Waals surface area contributed by atoms with Crippen molar-refractivity contribution in [3.8, 4) is 0 Å². The molecule has 0 aliphatic carbocycles. The number of hydrogen-bond donors (Lipinski definition) is 1. The fourth-order valence-electron chi connectivity index (χ4n) is 1.05. The van der Waals surface area contributed by atoms with Crippen molar-refractivity contribution in [2.45, 2.75) is 6.92 Å². The number of rotatable bonds is 0. The Kier molecular flexibility index (Phi) is 2.17. The molecule has 0 aromatic heterocycles. The molecule has 5 heteroatoms. The fraction of sp³-hybridized carbons (Fsp3) is 0.833. The van der Waals surface area contributed by atoms with E-state index in [1.165, 1.54) is 0 Å². The van der Waals surface area contributed by atoms with Crippen molar-refractivity contribution < 1.29 is 8.42 Å². The van der Waals surface area contributed by atoms with E-state index in [0.29, 0.717) is 18.9 Å². The van der Waals surface area contributed by atoms with Gasteiger partial charge in [0.15, 0.2) is 9.84 Å². The van der Waals surface area contributed by atoms with Crippen LogP contribution in [0, 0.1) is 5.41 Å². The van der Waals surface area contributed by atoms with E-state index < -0.39 is 9.84 Å². The first kappa shape index (κ1) is 8.52. The van der Waals surface area contributed by atoms with Gasteiger partial charge in [0, 0.05) is 13.1 Å². The van der Waals surface area contributed by atoms with Gasteiger partial charge in [-0.05, 0) is 6.92 Å². The van der Waals surface area contributed by atoms with Gasteiger partial charge in [-0.15, -0.1) is 0 Å². The first-order valence-electron chi connectivity index (χ1n) is 3.52. The molecular formula is C6H12N2O2S. The Hall–Kier alpha value is -0.580. The maximum absolute atomic E-state index is 10.9. The molecule has 1 N–H and O–H groups in total. The Labute approximate surface area is 66.6 Å². The Balaban J connectivity index is 2.56. The summed E-state index contributed by atoms with van der Waals surface area (Å²) < 4.78 is 21.8. The number of hydrogen-bond acceptors (Lipinski definition) is 3. The van der Waals surface area contributed by atoms with Crippen LogP contribution >= 0.6 is 0 Å². The largest absolute Gasteiger partial charge is 0.359 e. The van der Waals surface area contributed by atoms with E-state index in [1.807, 2.05) is 0 Å². The number of nitrogens with one attached hydrogen (secondary N) is 1. The lowest BCUT2D eigenvalue weighted by atomic mass is 10.5. The molecule has 1 rings (SSSR count). The third kappa shape index (κ3) is 2.18. The quantitative estimate of drug-likeness (QED) is 0.407. The van der Waals surface area contributed by atoms with Crippen molar-refractivity contribution >= 4 is 15.7 Å². The Morgan fingerprint density at radius 1 is 1.36 bits per heavy atom. The molecule has 0 saturated carbocycles. The second-order valence-corrected chi connectivity index (χ2v) is 5.03. The maximum Gasteiger partial charge on any atom is 0.153 e.